The second-order valence-corrected chi connectivity index (χ2v) is 8.04. The molecule has 2 saturated heterocycles. The van der Waals surface area contributed by atoms with Crippen LogP contribution < -0.4 is 9.80 Å². The predicted molar refractivity (Wildman–Crippen MR) is 112 cm³/mol. The first-order valence-corrected chi connectivity index (χ1v) is 10.4. The van der Waals surface area contributed by atoms with Crippen molar-refractivity contribution in [1.29, 1.82) is 0 Å². The predicted octanol–water partition coefficient (Wildman–Crippen LogP) is 2.91. The molecule has 0 unspecified atom stereocenters. The third-order valence-electron chi connectivity index (χ3n) is 5.97. The standard InChI is InChI=1S/C21H25F2N7/c22-21(23)5-7-29(8-6-21)19-13-20(25-15-24-19)30-11-9-28(10-12-30)14-18-26-16-3-1-2-4-17(16)27-18/h1-4,13,15H,5-12,14H2,(H,26,27). The fourth-order valence-corrected chi connectivity index (χ4v) is 4.17. The van der Waals surface area contributed by atoms with Crippen molar-refractivity contribution in [2.24, 2.45) is 0 Å². The van der Waals surface area contributed by atoms with Gasteiger partial charge in [-0.2, -0.15) is 0 Å². The van der Waals surface area contributed by atoms with Gasteiger partial charge in [0.05, 0.1) is 17.6 Å². The first kappa shape index (κ1) is 19.2. The van der Waals surface area contributed by atoms with E-state index in [1.54, 1.807) is 0 Å². The average molecular weight is 413 g/mol. The molecule has 0 amide bonds. The quantitative estimate of drug-likeness (QED) is 0.710. The number of anilines is 2. The van der Waals surface area contributed by atoms with Crippen LogP contribution in [0.2, 0.25) is 0 Å². The zero-order valence-electron chi connectivity index (χ0n) is 16.8. The molecule has 2 aromatic heterocycles. The number of halogens is 2. The van der Waals surface area contributed by atoms with Crippen molar-refractivity contribution >= 4 is 22.7 Å². The molecule has 5 rings (SSSR count). The summed E-state index contributed by atoms with van der Waals surface area (Å²) < 4.78 is 26.9. The van der Waals surface area contributed by atoms with Crippen LogP contribution in [0, 0.1) is 0 Å². The summed E-state index contributed by atoms with van der Waals surface area (Å²) in [7, 11) is 0. The Hall–Kier alpha value is -2.81. The number of rotatable bonds is 4. The number of nitrogens with zero attached hydrogens (tertiary/aromatic N) is 6. The summed E-state index contributed by atoms with van der Waals surface area (Å²) in [5, 5.41) is 0. The van der Waals surface area contributed by atoms with Gasteiger partial charge in [0.15, 0.2) is 0 Å². The Kier molecular flexibility index (Phi) is 4.98. The molecule has 0 spiro atoms. The van der Waals surface area contributed by atoms with E-state index in [9.17, 15) is 8.78 Å². The summed E-state index contributed by atoms with van der Waals surface area (Å²) in [6.07, 6.45) is 1.30. The molecule has 30 heavy (non-hydrogen) atoms. The molecule has 2 aliphatic heterocycles. The third-order valence-corrected chi connectivity index (χ3v) is 5.97. The Morgan fingerprint density at radius 2 is 1.57 bits per heavy atom. The molecule has 7 nitrogen and oxygen atoms in total. The number of hydrogen-bond donors (Lipinski definition) is 1. The lowest BCUT2D eigenvalue weighted by molar-refractivity contribution is -0.0221. The molecule has 1 aromatic carbocycles. The highest BCUT2D eigenvalue weighted by Crippen LogP contribution is 2.30. The Morgan fingerprint density at radius 1 is 0.900 bits per heavy atom. The molecule has 0 saturated carbocycles. The number of hydrogen-bond acceptors (Lipinski definition) is 6. The maximum absolute atomic E-state index is 13.4. The number of piperazine rings is 1. The van der Waals surface area contributed by atoms with Crippen molar-refractivity contribution in [2.75, 3.05) is 49.1 Å². The van der Waals surface area contributed by atoms with Crippen LogP contribution in [0.25, 0.3) is 11.0 Å². The van der Waals surface area contributed by atoms with Gasteiger partial charge in [0.25, 0.3) is 5.92 Å². The Bertz CT molecular complexity index is 970. The van der Waals surface area contributed by atoms with E-state index in [4.69, 9.17) is 0 Å². The molecule has 1 N–H and O–H groups in total. The Balaban J connectivity index is 1.19. The van der Waals surface area contributed by atoms with Gasteiger partial charge in [0, 0.05) is 58.2 Å². The molecule has 4 heterocycles. The summed E-state index contributed by atoms with van der Waals surface area (Å²) in [6, 6.07) is 9.99. The number of piperidine rings is 1. The molecule has 2 fully saturated rings. The molecule has 158 valence electrons. The number of para-hydroxylation sites is 2. The molecule has 9 heteroatoms. The summed E-state index contributed by atoms with van der Waals surface area (Å²) >= 11 is 0. The number of aromatic amines is 1. The number of aromatic nitrogens is 4. The number of H-pyrrole nitrogens is 1. The van der Waals surface area contributed by atoms with E-state index in [0.29, 0.717) is 13.1 Å². The van der Waals surface area contributed by atoms with Crippen LogP contribution in [0.1, 0.15) is 18.7 Å². The fourth-order valence-electron chi connectivity index (χ4n) is 4.17. The van der Waals surface area contributed by atoms with E-state index in [0.717, 1.165) is 61.2 Å². The van der Waals surface area contributed by atoms with Crippen molar-refractivity contribution in [3.05, 3.63) is 42.5 Å². The highest BCUT2D eigenvalue weighted by molar-refractivity contribution is 5.74. The minimum atomic E-state index is -2.55. The van der Waals surface area contributed by atoms with Crippen LogP contribution >= 0.6 is 0 Å². The monoisotopic (exact) mass is 413 g/mol. The van der Waals surface area contributed by atoms with Gasteiger partial charge in [0.2, 0.25) is 0 Å². The maximum Gasteiger partial charge on any atom is 0.251 e. The lowest BCUT2D eigenvalue weighted by Crippen LogP contribution is -2.46. The summed E-state index contributed by atoms with van der Waals surface area (Å²) in [4.78, 5) is 23.3. The second-order valence-electron chi connectivity index (χ2n) is 8.04. The summed E-state index contributed by atoms with van der Waals surface area (Å²) in [5.74, 6) is 0.0273. The minimum absolute atomic E-state index is 0.118. The van der Waals surface area contributed by atoms with Gasteiger partial charge in [-0.15, -0.1) is 0 Å². The average Bonchev–Trinajstić information content (AvgIpc) is 3.17. The van der Waals surface area contributed by atoms with Crippen LogP contribution in [0.15, 0.2) is 36.7 Å². The van der Waals surface area contributed by atoms with Crippen LogP contribution in [0.4, 0.5) is 20.4 Å². The number of nitrogens with one attached hydrogen (secondary N) is 1. The van der Waals surface area contributed by atoms with Gasteiger partial charge in [-0.05, 0) is 12.1 Å². The van der Waals surface area contributed by atoms with E-state index in [1.807, 2.05) is 35.2 Å². The molecule has 3 aromatic rings. The number of imidazole rings is 1. The first-order valence-electron chi connectivity index (χ1n) is 10.4. The largest absolute Gasteiger partial charge is 0.356 e. The van der Waals surface area contributed by atoms with Gasteiger partial charge in [-0.1, -0.05) is 12.1 Å². The molecular weight excluding hydrogens is 388 g/mol. The SMILES string of the molecule is FC1(F)CCN(c2cc(N3CCN(Cc4nc5ccccc5[nH]4)CC3)ncn2)CC1. The zero-order chi connectivity index (χ0) is 20.6. The van der Waals surface area contributed by atoms with Crippen LogP contribution in [0.5, 0.6) is 0 Å². The molecule has 0 aliphatic carbocycles. The molecule has 2 aliphatic rings. The number of alkyl halides is 2. The van der Waals surface area contributed by atoms with Crippen LogP contribution in [-0.4, -0.2) is 70.0 Å². The second kappa shape index (κ2) is 7.79. The highest BCUT2D eigenvalue weighted by Gasteiger charge is 2.34. The topological polar surface area (TPSA) is 64.2 Å². The van der Waals surface area contributed by atoms with Gasteiger partial charge < -0.3 is 14.8 Å². The minimum Gasteiger partial charge on any atom is -0.356 e. The first-order chi connectivity index (χ1) is 14.6. The maximum atomic E-state index is 13.4. The third kappa shape index (κ3) is 4.07. The van der Waals surface area contributed by atoms with Crippen molar-refractivity contribution in [3.8, 4) is 0 Å². The van der Waals surface area contributed by atoms with Crippen molar-refractivity contribution < 1.29 is 8.78 Å². The summed E-state index contributed by atoms with van der Waals surface area (Å²) in [6.45, 7) is 4.98. The lowest BCUT2D eigenvalue weighted by atomic mass is 10.1. The number of benzene rings is 1. The van der Waals surface area contributed by atoms with Gasteiger partial charge in [0.1, 0.15) is 23.8 Å². The van der Waals surface area contributed by atoms with Gasteiger partial charge >= 0.3 is 0 Å². The Labute approximate surface area is 173 Å². The normalized spacial score (nSPS) is 20.1. The van der Waals surface area contributed by atoms with Crippen molar-refractivity contribution in [3.63, 3.8) is 0 Å². The van der Waals surface area contributed by atoms with Gasteiger partial charge in [-0.3, -0.25) is 4.90 Å². The van der Waals surface area contributed by atoms with E-state index in [2.05, 4.69) is 29.7 Å². The molecule has 0 bridgehead atoms. The lowest BCUT2D eigenvalue weighted by Gasteiger charge is -2.36. The van der Waals surface area contributed by atoms with Crippen molar-refractivity contribution in [1.82, 2.24) is 24.8 Å². The van der Waals surface area contributed by atoms with Gasteiger partial charge in [-0.25, -0.2) is 23.7 Å². The van der Waals surface area contributed by atoms with Crippen LogP contribution in [0.3, 0.4) is 0 Å². The molecule has 0 atom stereocenters. The van der Waals surface area contributed by atoms with Crippen LogP contribution in [-0.2, 0) is 6.54 Å². The fraction of sp³-hybridized carbons (Fsp3) is 0.476. The molecule has 0 radical (unpaired) electrons. The molecular formula is C21H25F2N7. The zero-order valence-corrected chi connectivity index (χ0v) is 16.8. The highest BCUT2D eigenvalue weighted by atomic mass is 19.3. The number of fused-ring (bicyclic) bond motifs is 1. The van der Waals surface area contributed by atoms with E-state index < -0.39 is 5.92 Å². The smallest absolute Gasteiger partial charge is 0.251 e. The summed E-state index contributed by atoms with van der Waals surface area (Å²) in [5.41, 5.74) is 2.06. The van der Waals surface area contributed by atoms with E-state index in [1.165, 1.54) is 6.33 Å². The van der Waals surface area contributed by atoms with E-state index in [-0.39, 0.29) is 12.8 Å². The Morgan fingerprint density at radius 3 is 2.27 bits per heavy atom. The van der Waals surface area contributed by atoms with E-state index >= 15 is 0 Å². The van der Waals surface area contributed by atoms with Crippen molar-refractivity contribution in [2.45, 2.75) is 25.3 Å².